The highest BCUT2D eigenvalue weighted by Gasteiger charge is 2.28. The predicted molar refractivity (Wildman–Crippen MR) is 77.8 cm³/mol. The quantitative estimate of drug-likeness (QED) is 0.760. The van der Waals surface area contributed by atoms with Crippen LogP contribution in [0.2, 0.25) is 5.15 Å². The third kappa shape index (κ3) is 4.07. The molecule has 0 bridgehead atoms. The second-order valence-electron chi connectivity index (χ2n) is 6.52. The molecular weight excluding hydrogens is 260 g/mol. The van der Waals surface area contributed by atoms with Crippen LogP contribution >= 0.6 is 11.6 Å². The number of aromatic nitrogens is 2. The molecule has 1 aliphatic carbocycles. The highest BCUT2D eigenvalue weighted by molar-refractivity contribution is 6.29. The molecule has 1 fully saturated rings. The van der Waals surface area contributed by atoms with Gasteiger partial charge in [0.2, 0.25) is 5.88 Å². The second-order valence-corrected chi connectivity index (χ2v) is 6.91. The molecule has 0 radical (unpaired) electrons. The van der Waals surface area contributed by atoms with Crippen LogP contribution in [0.3, 0.4) is 0 Å². The summed E-state index contributed by atoms with van der Waals surface area (Å²) in [5, 5.41) is 0.463. The minimum absolute atomic E-state index is 0.256. The van der Waals surface area contributed by atoms with Crippen LogP contribution in [-0.4, -0.2) is 16.1 Å². The van der Waals surface area contributed by atoms with Gasteiger partial charge in [0.1, 0.15) is 17.1 Å². The fourth-order valence-corrected chi connectivity index (χ4v) is 2.57. The Hall–Kier alpha value is -0.830. The molecule has 0 amide bonds. The molecule has 1 aromatic heterocycles. The van der Waals surface area contributed by atoms with Crippen LogP contribution in [-0.2, 0) is 0 Å². The molecule has 0 N–H and O–H groups in total. The van der Waals surface area contributed by atoms with E-state index in [2.05, 4.69) is 37.7 Å². The lowest BCUT2D eigenvalue weighted by molar-refractivity contribution is 0.0945. The number of rotatable bonds is 3. The van der Waals surface area contributed by atoms with E-state index >= 15 is 0 Å². The predicted octanol–water partition coefficient (Wildman–Crippen LogP) is 4.60. The van der Waals surface area contributed by atoms with Crippen LogP contribution in [0.15, 0.2) is 6.07 Å². The van der Waals surface area contributed by atoms with Gasteiger partial charge in [-0.25, -0.2) is 4.98 Å². The molecule has 0 saturated heterocycles. The van der Waals surface area contributed by atoms with Crippen molar-refractivity contribution < 1.29 is 4.74 Å². The van der Waals surface area contributed by atoms with E-state index in [1.54, 1.807) is 6.07 Å². The monoisotopic (exact) mass is 282 g/mol. The first kappa shape index (κ1) is 14.6. The Balaban J connectivity index is 2.03. The van der Waals surface area contributed by atoms with E-state index in [0.717, 1.165) is 18.7 Å². The van der Waals surface area contributed by atoms with Gasteiger partial charge in [-0.05, 0) is 31.1 Å². The minimum atomic E-state index is 0.256. The van der Waals surface area contributed by atoms with Gasteiger partial charge in [0.05, 0.1) is 0 Å². The van der Waals surface area contributed by atoms with Crippen molar-refractivity contribution in [3.8, 4) is 5.88 Å². The maximum atomic E-state index is 6.03. The van der Waals surface area contributed by atoms with Crippen molar-refractivity contribution in [1.29, 1.82) is 0 Å². The van der Waals surface area contributed by atoms with E-state index in [4.69, 9.17) is 16.3 Å². The fourth-order valence-electron chi connectivity index (χ4n) is 2.39. The lowest BCUT2D eigenvalue weighted by atomic mass is 9.76. The molecule has 1 saturated carbocycles. The molecule has 4 heteroatoms. The van der Waals surface area contributed by atoms with Crippen molar-refractivity contribution in [2.75, 3.05) is 0 Å². The number of hydrogen-bond acceptors (Lipinski definition) is 3. The molecule has 19 heavy (non-hydrogen) atoms. The number of nitrogens with zero attached hydrogens (tertiary/aromatic N) is 2. The van der Waals surface area contributed by atoms with Crippen LogP contribution < -0.4 is 4.74 Å². The molecule has 1 aliphatic rings. The molecule has 0 spiro atoms. The average molecular weight is 283 g/mol. The molecule has 0 atom stereocenters. The molecule has 2 rings (SSSR count). The van der Waals surface area contributed by atoms with E-state index < -0.39 is 0 Å². The molecule has 106 valence electrons. The van der Waals surface area contributed by atoms with Crippen LogP contribution in [0.4, 0.5) is 0 Å². The normalized spacial score (nSPS) is 19.7. The Morgan fingerprint density at radius 2 is 1.89 bits per heavy atom. The highest BCUT2D eigenvalue weighted by Crippen LogP contribution is 2.36. The smallest absolute Gasteiger partial charge is 0.218 e. The highest BCUT2D eigenvalue weighted by atomic mass is 35.5. The Morgan fingerprint density at radius 3 is 2.47 bits per heavy atom. The maximum absolute atomic E-state index is 6.03. The molecule has 1 aromatic rings. The summed E-state index contributed by atoms with van der Waals surface area (Å²) in [6.07, 6.45) is 4.84. The SMILES string of the molecule is CC(C)c1nc(Cl)cc(OC2CCC(C)(C)CC2)n1. The number of halogens is 1. The summed E-state index contributed by atoms with van der Waals surface area (Å²) >= 11 is 6.03. The first-order valence-electron chi connectivity index (χ1n) is 7.07. The molecule has 1 heterocycles. The van der Waals surface area contributed by atoms with Crippen molar-refractivity contribution in [2.24, 2.45) is 5.41 Å². The van der Waals surface area contributed by atoms with Crippen molar-refractivity contribution >= 4 is 11.6 Å². The van der Waals surface area contributed by atoms with Crippen LogP contribution in [0.1, 0.15) is 65.1 Å². The molecule has 0 aromatic carbocycles. The Bertz CT molecular complexity index is 436. The van der Waals surface area contributed by atoms with Gasteiger partial charge in [0.15, 0.2) is 0 Å². The van der Waals surface area contributed by atoms with E-state index in [1.165, 1.54) is 12.8 Å². The summed E-state index contributed by atoms with van der Waals surface area (Å²) in [7, 11) is 0. The Labute approximate surface area is 120 Å². The van der Waals surface area contributed by atoms with Crippen LogP contribution in [0, 0.1) is 5.41 Å². The van der Waals surface area contributed by atoms with Gasteiger partial charge in [0, 0.05) is 12.0 Å². The third-order valence-corrected chi connectivity index (χ3v) is 3.97. The first-order chi connectivity index (χ1) is 8.85. The largest absolute Gasteiger partial charge is 0.474 e. The summed E-state index contributed by atoms with van der Waals surface area (Å²) in [5.41, 5.74) is 0.451. The zero-order chi connectivity index (χ0) is 14.0. The van der Waals surface area contributed by atoms with Gasteiger partial charge in [-0.1, -0.05) is 39.3 Å². The van der Waals surface area contributed by atoms with Crippen molar-refractivity contribution in [2.45, 2.75) is 65.4 Å². The van der Waals surface area contributed by atoms with E-state index in [0.29, 0.717) is 16.4 Å². The molecule has 0 aliphatic heterocycles. The lowest BCUT2D eigenvalue weighted by Gasteiger charge is -2.34. The zero-order valence-electron chi connectivity index (χ0n) is 12.2. The maximum Gasteiger partial charge on any atom is 0.218 e. The van der Waals surface area contributed by atoms with Crippen molar-refractivity contribution in [3.05, 3.63) is 17.0 Å². The van der Waals surface area contributed by atoms with Gasteiger partial charge in [-0.3, -0.25) is 0 Å². The van der Waals surface area contributed by atoms with Crippen LogP contribution in [0.5, 0.6) is 5.88 Å². The molecule has 0 unspecified atom stereocenters. The van der Waals surface area contributed by atoms with Gasteiger partial charge < -0.3 is 4.74 Å². The Kier molecular flexibility index (Phi) is 4.34. The third-order valence-electron chi connectivity index (χ3n) is 3.78. The van der Waals surface area contributed by atoms with E-state index in [1.807, 2.05) is 0 Å². The standard InChI is InChI=1S/C15H23ClN2O/c1-10(2)14-17-12(16)9-13(18-14)19-11-5-7-15(3,4)8-6-11/h9-11H,5-8H2,1-4H3. The number of hydrogen-bond donors (Lipinski definition) is 0. The fraction of sp³-hybridized carbons (Fsp3) is 0.733. The van der Waals surface area contributed by atoms with Crippen molar-refractivity contribution in [3.63, 3.8) is 0 Å². The minimum Gasteiger partial charge on any atom is -0.474 e. The second kappa shape index (κ2) is 5.66. The summed E-state index contributed by atoms with van der Waals surface area (Å²) in [6.45, 7) is 8.75. The van der Waals surface area contributed by atoms with E-state index in [9.17, 15) is 0 Å². The topological polar surface area (TPSA) is 35.0 Å². The van der Waals surface area contributed by atoms with Crippen molar-refractivity contribution in [1.82, 2.24) is 9.97 Å². The summed E-state index contributed by atoms with van der Waals surface area (Å²) in [4.78, 5) is 8.67. The summed E-state index contributed by atoms with van der Waals surface area (Å²) in [5.74, 6) is 1.62. The Morgan fingerprint density at radius 1 is 1.26 bits per heavy atom. The van der Waals surface area contributed by atoms with Gasteiger partial charge in [-0.15, -0.1) is 0 Å². The van der Waals surface area contributed by atoms with Gasteiger partial charge in [-0.2, -0.15) is 4.98 Å². The average Bonchev–Trinajstić information content (AvgIpc) is 2.31. The summed E-state index contributed by atoms with van der Waals surface area (Å²) < 4.78 is 5.98. The molecular formula is C15H23ClN2O. The van der Waals surface area contributed by atoms with Crippen LogP contribution in [0.25, 0.3) is 0 Å². The summed E-state index contributed by atoms with van der Waals surface area (Å²) in [6, 6.07) is 1.72. The van der Waals surface area contributed by atoms with Gasteiger partial charge >= 0.3 is 0 Å². The zero-order valence-corrected chi connectivity index (χ0v) is 13.0. The van der Waals surface area contributed by atoms with Gasteiger partial charge in [0.25, 0.3) is 0 Å². The molecule has 3 nitrogen and oxygen atoms in total. The first-order valence-corrected chi connectivity index (χ1v) is 7.45. The van der Waals surface area contributed by atoms with E-state index in [-0.39, 0.29) is 12.0 Å². The number of ether oxygens (including phenoxy) is 1. The lowest BCUT2D eigenvalue weighted by Crippen LogP contribution is -2.28.